The highest BCUT2D eigenvalue weighted by atomic mass is 16.5. The summed E-state index contributed by atoms with van der Waals surface area (Å²) in [6.07, 6.45) is 0. The molecule has 0 spiro atoms. The average molecular weight is 299 g/mol. The fraction of sp³-hybridized carbons (Fsp3) is 0.278. The van der Waals surface area contributed by atoms with Crippen molar-refractivity contribution in [3.05, 3.63) is 59.2 Å². The number of rotatable bonds is 6. The molecule has 2 aromatic rings. The normalized spacial score (nSPS) is 10.1. The van der Waals surface area contributed by atoms with Crippen LogP contribution in [0.25, 0.3) is 0 Å². The van der Waals surface area contributed by atoms with Gasteiger partial charge < -0.3 is 14.8 Å². The van der Waals surface area contributed by atoms with Crippen LogP contribution in [-0.4, -0.2) is 19.6 Å². The molecule has 4 nitrogen and oxygen atoms in total. The van der Waals surface area contributed by atoms with Gasteiger partial charge in [-0.3, -0.25) is 4.79 Å². The van der Waals surface area contributed by atoms with Crippen molar-refractivity contribution in [2.75, 3.05) is 13.7 Å². The number of ether oxygens (including phenoxy) is 2. The second-order valence-electron chi connectivity index (χ2n) is 5.19. The minimum absolute atomic E-state index is 0.0125. The predicted molar refractivity (Wildman–Crippen MR) is 86.3 cm³/mol. The third-order valence-corrected chi connectivity index (χ3v) is 3.31. The Balaban J connectivity index is 1.81. The molecular weight excluding hydrogens is 278 g/mol. The molecule has 2 rings (SSSR count). The smallest absolute Gasteiger partial charge is 0.258 e. The Morgan fingerprint density at radius 2 is 1.95 bits per heavy atom. The molecular formula is C18H21NO3. The van der Waals surface area contributed by atoms with Gasteiger partial charge in [0.15, 0.2) is 6.61 Å². The zero-order valence-electron chi connectivity index (χ0n) is 13.2. The maximum atomic E-state index is 11.8. The van der Waals surface area contributed by atoms with Gasteiger partial charge in [-0.05, 0) is 48.7 Å². The van der Waals surface area contributed by atoms with Crippen LogP contribution < -0.4 is 14.8 Å². The summed E-state index contributed by atoms with van der Waals surface area (Å²) in [6.45, 7) is 4.45. The SMILES string of the molecule is COc1ccc(CNC(=O)COc2cccc(C)c2)cc1C. The second-order valence-corrected chi connectivity index (χ2v) is 5.19. The van der Waals surface area contributed by atoms with Crippen molar-refractivity contribution < 1.29 is 14.3 Å². The first-order valence-corrected chi connectivity index (χ1v) is 7.18. The molecule has 4 heteroatoms. The summed E-state index contributed by atoms with van der Waals surface area (Å²) < 4.78 is 10.7. The highest BCUT2D eigenvalue weighted by Crippen LogP contribution is 2.18. The number of benzene rings is 2. The van der Waals surface area contributed by atoms with E-state index in [9.17, 15) is 4.79 Å². The summed E-state index contributed by atoms with van der Waals surface area (Å²) in [7, 11) is 1.65. The van der Waals surface area contributed by atoms with Crippen molar-refractivity contribution in [2.45, 2.75) is 20.4 Å². The maximum absolute atomic E-state index is 11.8. The number of methoxy groups -OCH3 is 1. The zero-order chi connectivity index (χ0) is 15.9. The van der Waals surface area contributed by atoms with Crippen LogP contribution in [0.4, 0.5) is 0 Å². The first-order valence-electron chi connectivity index (χ1n) is 7.18. The number of hydrogen-bond acceptors (Lipinski definition) is 3. The van der Waals surface area contributed by atoms with Crippen LogP contribution in [0, 0.1) is 13.8 Å². The Bertz CT molecular complexity index is 653. The van der Waals surface area contributed by atoms with Gasteiger partial charge in [-0.2, -0.15) is 0 Å². The second kappa shape index (κ2) is 7.50. The summed E-state index contributed by atoms with van der Waals surface area (Å²) in [6, 6.07) is 13.5. The number of amides is 1. The Morgan fingerprint density at radius 3 is 2.64 bits per heavy atom. The number of carbonyl (C=O) groups excluding carboxylic acids is 1. The van der Waals surface area contributed by atoms with Gasteiger partial charge in [0.25, 0.3) is 5.91 Å². The first kappa shape index (κ1) is 15.9. The lowest BCUT2D eigenvalue weighted by molar-refractivity contribution is -0.123. The number of hydrogen-bond donors (Lipinski definition) is 1. The molecule has 0 bridgehead atoms. The monoisotopic (exact) mass is 299 g/mol. The van der Waals surface area contributed by atoms with Crippen molar-refractivity contribution >= 4 is 5.91 Å². The Hall–Kier alpha value is -2.49. The fourth-order valence-electron chi connectivity index (χ4n) is 2.16. The Kier molecular flexibility index (Phi) is 5.42. The third kappa shape index (κ3) is 4.52. The van der Waals surface area contributed by atoms with Crippen molar-refractivity contribution in [3.63, 3.8) is 0 Å². The molecule has 0 saturated carbocycles. The van der Waals surface area contributed by atoms with Gasteiger partial charge in [0.05, 0.1) is 7.11 Å². The quantitative estimate of drug-likeness (QED) is 0.892. The largest absolute Gasteiger partial charge is 0.496 e. The zero-order valence-corrected chi connectivity index (χ0v) is 13.2. The van der Waals surface area contributed by atoms with Crippen LogP contribution in [0.5, 0.6) is 11.5 Å². The molecule has 0 atom stereocenters. The van der Waals surface area contributed by atoms with Gasteiger partial charge >= 0.3 is 0 Å². The van der Waals surface area contributed by atoms with Gasteiger partial charge in [-0.25, -0.2) is 0 Å². The molecule has 2 aromatic carbocycles. The van der Waals surface area contributed by atoms with E-state index in [1.54, 1.807) is 7.11 Å². The van der Waals surface area contributed by atoms with E-state index in [2.05, 4.69) is 5.32 Å². The number of carbonyl (C=O) groups is 1. The van der Waals surface area contributed by atoms with E-state index in [0.29, 0.717) is 12.3 Å². The van der Waals surface area contributed by atoms with E-state index < -0.39 is 0 Å². The molecule has 0 heterocycles. The van der Waals surface area contributed by atoms with E-state index in [4.69, 9.17) is 9.47 Å². The van der Waals surface area contributed by atoms with Crippen LogP contribution in [0.3, 0.4) is 0 Å². The molecule has 0 aliphatic carbocycles. The first-order chi connectivity index (χ1) is 10.6. The van der Waals surface area contributed by atoms with Gasteiger partial charge in [0.1, 0.15) is 11.5 Å². The highest BCUT2D eigenvalue weighted by molar-refractivity contribution is 5.77. The van der Waals surface area contributed by atoms with Crippen molar-refractivity contribution in [1.29, 1.82) is 0 Å². The van der Waals surface area contributed by atoms with E-state index >= 15 is 0 Å². The maximum Gasteiger partial charge on any atom is 0.258 e. The van der Waals surface area contributed by atoms with Crippen molar-refractivity contribution in [1.82, 2.24) is 5.32 Å². The minimum Gasteiger partial charge on any atom is -0.496 e. The molecule has 0 aliphatic heterocycles. The summed E-state index contributed by atoms with van der Waals surface area (Å²) in [5, 5.41) is 2.84. The van der Waals surface area contributed by atoms with Crippen LogP contribution in [0.2, 0.25) is 0 Å². The summed E-state index contributed by atoms with van der Waals surface area (Å²) >= 11 is 0. The summed E-state index contributed by atoms with van der Waals surface area (Å²) in [5.74, 6) is 1.41. The Morgan fingerprint density at radius 1 is 1.14 bits per heavy atom. The summed E-state index contributed by atoms with van der Waals surface area (Å²) in [4.78, 5) is 11.8. The molecule has 0 saturated heterocycles. The fourth-order valence-corrected chi connectivity index (χ4v) is 2.16. The van der Waals surface area contributed by atoms with Crippen LogP contribution in [-0.2, 0) is 11.3 Å². The van der Waals surface area contributed by atoms with Gasteiger partial charge in [0.2, 0.25) is 0 Å². The number of nitrogens with one attached hydrogen (secondary N) is 1. The lowest BCUT2D eigenvalue weighted by Gasteiger charge is -2.10. The van der Waals surface area contributed by atoms with Crippen LogP contribution in [0.1, 0.15) is 16.7 Å². The molecule has 1 amide bonds. The molecule has 0 fully saturated rings. The minimum atomic E-state index is -0.144. The number of aryl methyl sites for hydroxylation is 2. The van der Waals surface area contributed by atoms with Crippen LogP contribution in [0.15, 0.2) is 42.5 Å². The standard InChI is InChI=1S/C18H21NO3/c1-13-5-4-6-16(9-13)22-12-18(20)19-11-15-7-8-17(21-3)14(2)10-15/h4-10H,11-12H2,1-3H3,(H,19,20). The van der Waals surface area contributed by atoms with E-state index in [1.165, 1.54) is 0 Å². The molecule has 0 aliphatic rings. The van der Waals surface area contributed by atoms with Crippen molar-refractivity contribution in [2.24, 2.45) is 0 Å². The predicted octanol–water partition coefficient (Wildman–Crippen LogP) is 3.01. The molecule has 22 heavy (non-hydrogen) atoms. The van der Waals surface area contributed by atoms with Crippen LogP contribution >= 0.6 is 0 Å². The third-order valence-electron chi connectivity index (χ3n) is 3.31. The molecule has 0 unspecified atom stereocenters. The Labute approximate surface area is 131 Å². The summed E-state index contributed by atoms with van der Waals surface area (Å²) in [5.41, 5.74) is 3.18. The van der Waals surface area contributed by atoms with Gasteiger partial charge in [-0.15, -0.1) is 0 Å². The lowest BCUT2D eigenvalue weighted by atomic mass is 10.1. The van der Waals surface area contributed by atoms with Crippen molar-refractivity contribution in [3.8, 4) is 11.5 Å². The van der Waals surface area contributed by atoms with E-state index in [0.717, 1.165) is 22.4 Å². The molecule has 0 aromatic heterocycles. The van der Waals surface area contributed by atoms with E-state index in [-0.39, 0.29) is 12.5 Å². The lowest BCUT2D eigenvalue weighted by Crippen LogP contribution is -2.28. The average Bonchev–Trinajstić information content (AvgIpc) is 2.51. The van der Waals surface area contributed by atoms with Gasteiger partial charge in [-0.1, -0.05) is 24.3 Å². The topological polar surface area (TPSA) is 47.6 Å². The molecule has 1 N–H and O–H groups in total. The molecule has 116 valence electrons. The van der Waals surface area contributed by atoms with Gasteiger partial charge in [0, 0.05) is 6.54 Å². The molecule has 0 radical (unpaired) electrons. The highest BCUT2D eigenvalue weighted by Gasteiger charge is 2.04. The van der Waals surface area contributed by atoms with E-state index in [1.807, 2.05) is 56.3 Å².